The largest absolute Gasteiger partial charge is 0.444 e. The van der Waals surface area contributed by atoms with E-state index in [0.717, 1.165) is 55.2 Å². The number of rotatable bonds is 14. The lowest BCUT2D eigenvalue weighted by atomic mass is 9.93. The normalized spacial score (nSPS) is 13.0. The SMILES string of the molecule is CCCCCCN(C(=O)C(CS)NC(=O)OC(C)(C)C)C(C(=O)NCCCC)c1c(C)cccc1C. The van der Waals surface area contributed by atoms with Crippen LogP contribution in [0.5, 0.6) is 0 Å². The minimum absolute atomic E-state index is 0.0838. The van der Waals surface area contributed by atoms with Gasteiger partial charge in [0, 0.05) is 18.8 Å². The molecule has 2 N–H and O–H groups in total. The van der Waals surface area contributed by atoms with E-state index in [1.165, 1.54) is 0 Å². The second kappa shape index (κ2) is 15.8. The van der Waals surface area contributed by atoms with Crippen LogP contribution >= 0.6 is 12.6 Å². The molecule has 0 saturated heterocycles. The molecule has 0 aliphatic rings. The van der Waals surface area contributed by atoms with Crippen LogP contribution in [0.3, 0.4) is 0 Å². The number of carbonyl (C=O) groups excluding carboxylic acids is 3. The molecule has 3 amide bonds. The van der Waals surface area contributed by atoms with Gasteiger partial charge in [-0.2, -0.15) is 12.6 Å². The van der Waals surface area contributed by atoms with Crippen LogP contribution in [0, 0.1) is 13.8 Å². The van der Waals surface area contributed by atoms with Crippen LogP contribution in [0.1, 0.15) is 95.9 Å². The van der Waals surface area contributed by atoms with Gasteiger partial charge in [-0.05, 0) is 64.2 Å². The maximum absolute atomic E-state index is 13.9. The summed E-state index contributed by atoms with van der Waals surface area (Å²) in [5, 5.41) is 5.71. The first-order chi connectivity index (χ1) is 17.0. The molecule has 0 aliphatic heterocycles. The monoisotopic (exact) mass is 521 g/mol. The Morgan fingerprint density at radius 2 is 1.61 bits per heavy atom. The van der Waals surface area contributed by atoms with E-state index in [1.54, 1.807) is 25.7 Å². The summed E-state index contributed by atoms with van der Waals surface area (Å²) in [5.41, 5.74) is 2.01. The molecule has 1 aromatic rings. The van der Waals surface area contributed by atoms with Gasteiger partial charge in [0.15, 0.2) is 0 Å². The first-order valence-corrected chi connectivity index (χ1v) is 13.8. The number of nitrogens with zero attached hydrogens (tertiary/aromatic N) is 1. The smallest absolute Gasteiger partial charge is 0.408 e. The number of amides is 3. The van der Waals surface area contributed by atoms with Crippen LogP contribution in [0.25, 0.3) is 0 Å². The van der Waals surface area contributed by atoms with Crippen LogP contribution < -0.4 is 10.6 Å². The number of thiol groups is 1. The summed E-state index contributed by atoms with van der Waals surface area (Å²) < 4.78 is 5.38. The highest BCUT2D eigenvalue weighted by molar-refractivity contribution is 7.80. The summed E-state index contributed by atoms with van der Waals surface area (Å²) in [6, 6.07) is 4.14. The average Bonchev–Trinajstić information content (AvgIpc) is 2.79. The van der Waals surface area contributed by atoms with Crippen molar-refractivity contribution < 1.29 is 19.1 Å². The van der Waals surface area contributed by atoms with Gasteiger partial charge in [0.2, 0.25) is 11.8 Å². The molecule has 0 spiro atoms. The van der Waals surface area contributed by atoms with E-state index in [2.05, 4.69) is 37.1 Å². The number of alkyl carbamates (subject to hydrolysis) is 1. The molecule has 1 aromatic carbocycles. The Morgan fingerprint density at radius 3 is 2.14 bits per heavy atom. The van der Waals surface area contributed by atoms with Gasteiger partial charge in [-0.15, -0.1) is 0 Å². The van der Waals surface area contributed by atoms with Gasteiger partial charge in [0.05, 0.1) is 0 Å². The number of unbranched alkanes of at least 4 members (excludes halogenated alkanes) is 4. The summed E-state index contributed by atoms with van der Waals surface area (Å²) in [6.45, 7) is 14.4. The number of carbonyl (C=O) groups is 3. The molecule has 0 saturated carbocycles. The average molecular weight is 522 g/mol. The fourth-order valence-corrected chi connectivity index (χ4v) is 4.33. The fraction of sp³-hybridized carbons (Fsp3) is 0.679. The van der Waals surface area contributed by atoms with Crippen molar-refractivity contribution in [3.05, 3.63) is 34.9 Å². The molecule has 36 heavy (non-hydrogen) atoms. The van der Waals surface area contributed by atoms with Crippen LogP contribution in [0.2, 0.25) is 0 Å². The zero-order valence-corrected chi connectivity index (χ0v) is 24.2. The molecule has 204 valence electrons. The molecule has 1 rings (SSSR count). The van der Waals surface area contributed by atoms with Gasteiger partial charge >= 0.3 is 6.09 Å². The van der Waals surface area contributed by atoms with E-state index < -0.39 is 23.8 Å². The topological polar surface area (TPSA) is 87.7 Å². The first kappa shape index (κ1) is 31.8. The number of hydrogen-bond acceptors (Lipinski definition) is 5. The van der Waals surface area contributed by atoms with Crippen molar-refractivity contribution in [1.82, 2.24) is 15.5 Å². The lowest BCUT2D eigenvalue weighted by Gasteiger charge is -2.35. The number of nitrogens with one attached hydrogen (secondary N) is 2. The number of ether oxygens (including phenoxy) is 1. The summed E-state index contributed by atoms with van der Waals surface area (Å²) in [6.07, 6.45) is 4.94. The van der Waals surface area contributed by atoms with E-state index in [0.29, 0.717) is 13.1 Å². The Kier molecular flexibility index (Phi) is 14.0. The fourth-order valence-electron chi connectivity index (χ4n) is 4.08. The first-order valence-electron chi connectivity index (χ1n) is 13.2. The molecule has 2 unspecified atom stereocenters. The molecule has 8 heteroatoms. The molecule has 2 atom stereocenters. The van der Waals surface area contributed by atoms with Crippen molar-refractivity contribution in [2.75, 3.05) is 18.8 Å². The molecular weight excluding hydrogens is 474 g/mol. The Morgan fingerprint density at radius 1 is 1.00 bits per heavy atom. The molecule has 0 fully saturated rings. The zero-order valence-electron chi connectivity index (χ0n) is 23.3. The summed E-state index contributed by atoms with van der Waals surface area (Å²) in [7, 11) is 0. The predicted molar refractivity (Wildman–Crippen MR) is 149 cm³/mol. The van der Waals surface area contributed by atoms with Crippen molar-refractivity contribution in [3.63, 3.8) is 0 Å². The maximum atomic E-state index is 13.9. The molecule has 0 aliphatic carbocycles. The van der Waals surface area contributed by atoms with Crippen molar-refractivity contribution >= 4 is 30.5 Å². The number of hydrogen-bond donors (Lipinski definition) is 3. The van der Waals surface area contributed by atoms with Crippen molar-refractivity contribution in [3.8, 4) is 0 Å². The van der Waals surface area contributed by atoms with Gasteiger partial charge in [-0.25, -0.2) is 4.79 Å². The predicted octanol–water partition coefficient (Wildman–Crippen LogP) is 5.49. The molecule has 0 heterocycles. The van der Waals surface area contributed by atoms with Crippen molar-refractivity contribution in [2.24, 2.45) is 0 Å². The van der Waals surface area contributed by atoms with E-state index in [9.17, 15) is 14.4 Å². The molecule has 0 bridgehead atoms. The summed E-state index contributed by atoms with van der Waals surface area (Å²) >= 11 is 4.36. The highest BCUT2D eigenvalue weighted by atomic mass is 32.1. The summed E-state index contributed by atoms with van der Waals surface area (Å²) in [4.78, 5) is 41.7. The zero-order chi connectivity index (χ0) is 27.3. The Labute approximate surface area is 223 Å². The van der Waals surface area contributed by atoms with Gasteiger partial charge in [0.1, 0.15) is 17.7 Å². The Bertz CT molecular complexity index is 833. The van der Waals surface area contributed by atoms with Crippen LogP contribution in [-0.4, -0.2) is 53.3 Å². The molecule has 0 aromatic heterocycles. The second-order valence-electron chi connectivity index (χ2n) is 10.3. The minimum atomic E-state index is -0.926. The molecule has 7 nitrogen and oxygen atoms in total. The van der Waals surface area contributed by atoms with Gasteiger partial charge < -0.3 is 20.3 Å². The number of aryl methyl sites for hydroxylation is 2. The summed E-state index contributed by atoms with van der Waals surface area (Å²) in [5.74, 6) is -0.467. The van der Waals surface area contributed by atoms with Crippen molar-refractivity contribution in [1.29, 1.82) is 0 Å². The highest BCUT2D eigenvalue weighted by Crippen LogP contribution is 2.29. The highest BCUT2D eigenvalue weighted by Gasteiger charge is 2.36. The minimum Gasteiger partial charge on any atom is -0.444 e. The molecule has 0 radical (unpaired) electrons. The lowest BCUT2D eigenvalue weighted by molar-refractivity contribution is -0.142. The third-order valence-electron chi connectivity index (χ3n) is 5.91. The third kappa shape index (κ3) is 10.4. The van der Waals surface area contributed by atoms with E-state index >= 15 is 0 Å². The van der Waals surface area contributed by atoms with Crippen molar-refractivity contribution in [2.45, 2.75) is 105 Å². The standard InChI is InChI=1S/C28H47N3O4S/c1-8-10-12-13-18-31(26(33)22(19-36)30-27(34)35-28(5,6)7)24(25(32)29-17-11-9-2)23-20(3)15-14-16-21(23)4/h14-16,22,24,36H,8-13,17-19H2,1-7H3,(H,29,32)(H,30,34). The van der Waals surface area contributed by atoms with E-state index in [1.807, 2.05) is 32.0 Å². The van der Waals surface area contributed by atoms with Gasteiger partial charge in [-0.1, -0.05) is 57.7 Å². The third-order valence-corrected chi connectivity index (χ3v) is 6.28. The van der Waals surface area contributed by atoms with Crippen LogP contribution in [0.15, 0.2) is 18.2 Å². The maximum Gasteiger partial charge on any atom is 0.408 e. The Hall–Kier alpha value is -2.22. The second-order valence-corrected chi connectivity index (χ2v) is 10.7. The quantitative estimate of drug-likeness (QED) is 0.223. The van der Waals surface area contributed by atoms with Gasteiger partial charge in [-0.3, -0.25) is 9.59 Å². The number of benzene rings is 1. The van der Waals surface area contributed by atoms with Crippen LogP contribution in [-0.2, 0) is 14.3 Å². The molecular formula is C28H47N3O4S. The van der Waals surface area contributed by atoms with E-state index in [-0.39, 0.29) is 17.6 Å². The Balaban J connectivity index is 3.44. The van der Waals surface area contributed by atoms with Crippen LogP contribution in [0.4, 0.5) is 4.79 Å². The van der Waals surface area contributed by atoms with Gasteiger partial charge in [0.25, 0.3) is 0 Å². The van der Waals surface area contributed by atoms with E-state index in [4.69, 9.17) is 4.74 Å². The lowest BCUT2D eigenvalue weighted by Crippen LogP contribution is -2.54.